The second-order valence-electron chi connectivity index (χ2n) is 13.1. The standard InChI is InChI=1S/C39H32N4O/c1-38(2)23-39(3,4)31-21-25(17-19-30(31)38)32-20-18-26(22-40-32)36-41-35(24-11-6-5-7-12-24)42-37(43-36)29-15-10-14-28-27-13-8-9-16-33(27)44-34(28)29/h5-22H,23H2,1-4H3. The molecule has 5 heteroatoms. The van der Waals surface area contributed by atoms with Crippen molar-refractivity contribution in [2.45, 2.75) is 44.9 Å². The van der Waals surface area contributed by atoms with Gasteiger partial charge in [0.15, 0.2) is 17.5 Å². The average Bonchev–Trinajstić information content (AvgIpc) is 3.51. The Morgan fingerprint density at radius 2 is 1.25 bits per heavy atom. The second kappa shape index (κ2) is 9.68. The highest BCUT2D eigenvalue weighted by molar-refractivity contribution is 6.09. The van der Waals surface area contributed by atoms with E-state index >= 15 is 0 Å². The lowest BCUT2D eigenvalue weighted by atomic mass is 9.82. The van der Waals surface area contributed by atoms with Gasteiger partial charge in [-0.15, -0.1) is 0 Å². The summed E-state index contributed by atoms with van der Waals surface area (Å²) in [6.45, 7) is 9.37. The van der Waals surface area contributed by atoms with Gasteiger partial charge < -0.3 is 4.42 Å². The van der Waals surface area contributed by atoms with Crippen LogP contribution in [0.5, 0.6) is 0 Å². The molecule has 3 heterocycles. The molecule has 0 spiro atoms. The quantitative estimate of drug-likeness (QED) is 0.210. The Morgan fingerprint density at radius 3 is 2.05 bits per heavy atom. The van der Waals surface area contributed by atoms with Crippen LogP contribution in [-0.2, 0) is 10.8 Å². The molecule has 1 aliphatic carbocycles. The fraction of sp³-hybridized carbons (Fsp3) is 0.179. The summed E-state index contributed by atoms with van der Waals surface area (Å²) in [4.78, 5) is 19.7. The Balaban J connectivity index is 1.24. The third-order valence-corrected chi connectivity index (χ3v) is 8.99. The van der Waals surface area contributed by atoms with Crippen LogP contribution in [0.15, 0.2) is 114 Å². The summed E-state index contributed by atoms with van der Waals surface area (Å²) < 4.78 is 6.34. The highest BCUT2D eigenvalue weighted by atomic mass is 16.3. The van der Waals surface area contributed by atoms with Crippen LogP contribution in [0.25, 0.3) is 67.4 Å². The van der Waals surface area contributed by atoms with Crippen molar-refractivity contribution in [3.63, 3.8) is 0 Å². The maximum Gasteiger partial charge on any atom is 0.167 e. The first-order valence-electron chi connectivity index (χ1n) is 15.1. The van der Waals surface area contributed by atoms with E-state index in [4.69, 9.17) is 24.4 Å². The summed E-state index contributed by atoms with van der Waals surface area (Å²) in [5.41, 5.74) is 9.39. The van der Waals surface area contributed by atoms with Gasteiger partial charge in [-0.1, -0.05) is 100 Å². The van der Waals surface area contributed by atoms with Crippen molar-refractivity contribution in [2.24, 2.45) is 0 Å². The molecule has 0 atom stereocenters. The Morgan fingerprint density at radius 1 is 0.568 bits per heavy atom. The van der Waals surface area contributed by atoms with Crippen molar-refractivity contribution in [3.05, 3.63) is 120 Å². The molecule has 1 aliphatic rings. The van der Waals surface area contributed by atoms with Gasteiger partial charge in [-0.05, 0) is 58.7 Å². The Hall–Kier alpha value is -5.16. The zero-order chi connectivity index (χ0) is 30.1. The molecule has 0 saturated heterocycles. The summed E-state index contributed by atoms with van der Waals surface area (Å²) in [5.74, 6) is 1.73. The van der Waals surface area contributed by atoms with Crippen LogP contribution in [-0.4, -0.2) is 19.9 Å². The van der Waals surface area contributed by atoms with Gasteiger partial charge >= 0.3 is 0 Å². The molecule has 0 bridgehead atoms. The minimum atomic E-state index is 0.132. The van der Waals surface area contributed by atoms with E-state index in [0.29, 0.717) is 17.5 Å². The van der Waals surface area contributed by atoms with Crippen molar-refractivity contribution in [1.82, 2.24) is 19.9 Å². The van der Waals surface area contributed by atoms with Crippen LogP contribution >= 0.6 is 0 Å². The topological polar surface area (TPSA) is 64.7 Å². The Kier molecular flexibility index (Phi) is 5.82. The molecule has 7 aromatic rings. The number of para-hydroxylation sites is 2. The first kappa shape index (κ1) is 26.5. The summed E-state index contributed by atoms with van der Waals surface area (Å²) in [6.07, 6.45) is 3.01. The smallest absolute Gasteiger partial charge is 0.167 e. The van der Waals surface area contributed by atoms with Crippen LogP contribution in [0, 0.1) is 0 Å². The van der Waals surface area contributed by atoms with Crippen LogP contribution in [0.3, 0.4) is 0 Å². The molecular formula is C39H32N4O. The lowest BCUT2D eigenvalue weighted by Gasteiger charge is -2.22. The molecule has 0 saturated carbocycles. The van der Waals surface area contributed by atoms with E-state index in [0.717, 1.165) is 56.3 Å². The molecule has 214 valence electrons. The van der Waals surface area contributed by atoms with Crippen LogP contribution < -0.4 is 0 Å². The largest absolute Gasteiger partial charge is 0.455 e. The third kappa shape index (κ3) is 4.31. The molecule has 0 amide bonds. The van der Waals surface area contributed by atoms with E-state index in [2.05, 4.69) is 70.2 Å². The van der Waals surface area contributed by atoms with Crippen LogP contribution in [0.4, 0.5) is 0 Å². The number of pyridine rings is 1. The number of hydrogen-bond donors (Lipinski definition) is 0. The molecule has 0 fully saturated rings. The summed E-state index contributed by atoms with van der Waals surface area (Å²) >= 11 is 0. The van der Waals surface area contributed by atoms with E-state index in [9.17, 15) is 0 Å². The van der Waals surface area contributed by atoms with E-state index in [1.165, 1.54) is 11.1 Å². The summed E-state index contributed by atoms with van der Waals surface area (Å²) in [7, 11) is 0. The molecule has 5 nitrogen and oxygen atoms in total. The lowest BCUT2D eigenvalue weighted by molar-refractivity contribution is 0.403. The highest BCUT2D eigenvalue weighted by Gasteiger charge is 2.41. The predicted octanol–water partition coefficient (Wildman–Crippen LogP) is 9.79. The number of rotatable bonds is 4. The first-order valence-corrected chi connectivity index (χ1v) is 15.1. The fourth-order valence-corrected chi connectivity index (χ4v) is 7.11. The van der Waals surface area contributed by atoms with Gasteiger partial charge in [0.1, 0.15) is 11.2 Å². The Bertz CT molecular complexity index is 2190. The molecule has 0 unspecified atom stereocenters. The van der Waals surface area contributed by atoms with E-state index in [1.807, 2.05) is 66.9 Å². The molecule has 0 N–H and O–H groups in total. The van der Waals surface area contributed by atoms with Gasteiger partial charge in [0.2, 0.25) is 0 Å². The zero-order valence-electron chi connectivity index (χ0n) is 25.3. The monoisotopic (exact) mass is 572 g/mol. The number of aromatic nitrogens is 4. The van der Waals surface area contributed by atoms with Crippen LogP contribution in [0.1, 0.15) is 45.2 Å². The predicted molar refractivity (Wildman–Crippen MR) is 177 cm³/mol. The normalized spacial score (nSPS) is 15.1. The Labute approximate surface area is 256 Å². The van der Waals surface area contributed by atoms with Gasteiger partial charge in [-0.3, -0.25) is 4.98 Å². The fourth-order valence-electron chi connectivity index (χ4n) is 7.11. The van der Waals surface area contributed by atoms with Gasteiger partial charge in [-0.25, -0.2) is 15.0 Å². The van der Waals surface area contributed by atoms with Gasteiger partial charge in [0.05, 0.1) is 11.3 Å². The number of benzene rings is 4. The number of furan rings is 1. The van der Waals surface area contributed by atoms with Crippen molar-refractivity contribution in [3.8, 4) is 45.4 Å². The minimum absolute atomic E-state index is 0.132. The van der Waals surface area contributed by atoms with Crippen molar-refractivity contribution < 1.29 is 4.42 Å². The number of nitrogens with zero attached hydrogens (tertiary/aromatic N) is 4. The molecule has 4 aromatic carbocycles. The maximum atomic E-state index is 6.34. The van der Waals surface area contributed by atoms with E-state index < -0.39 is 0 Å². The van der Waals surface area contributed by atoms with Gasteiger partial charge in [-0.2, -0.15) is 0 Å². The van der Waals surface area contributed by atoms with Gasteiger partial charge in [0, 0.05) is 33.7 Å². The molecule has 0 radical (unpaired) electrons. The molecule has 44 heavy (non-hydrogen) atoms. The van der Waals surface area contributed by atoms with Crippen molar-refractivity contribution in [2.75, 3.05) is 0 Å². The molecule has 3 aromatic heterocycles. The van der Waals surface area contributed by atoms with Gasteiger partial charge in [0.25, 0.3) is 0 Å². The number of hydrogen-bond acceptors (Lipinski definition) is 5. The highest BCUT2D eigenvalue weighted by Crippen LogP contribution is 2.50. The lowest BCUT2D eigenvalue weighted by Crippen LogP contribution is -2.17. The van der Waals surface area contributed by atoms with Crippen molar-refractivity contribution >= 4 is 21.9 Å². The molecule has 8 rings (SSSR count). The third-order valence-electron chi connectivity index (χ3n) is 8.99. The van der Waals surface area contributed by atoms with E-state index in [1.54, 1.807) is 0 Å². The summed E-state index contributed by atoms with van der Waals surface area (Å²) in [5, 5.41) is 2.11. The average molecular weight is 573 g/mol. The number of fused-ring (bicyclic) bond motifs is 4. The zero-order valence-corrected chi connectivity index (χ0v) is 25.3. The second-order valence-corrected chi connectivity index (χ2v) is 13.1. The maximum absolute atomic E-state index is 6.34. The van der Waals surface area contributed by atoms with Crippen LogP contribution in [0.2, 0.25) is 0 Å². The SMILES string of the molecule is CC1(C)CC(C)(C)c2cc(-c3ccc(-c4nc(-c5ccccc5)nc(-c5cccc6c5oc5ccccc56)n4)cn3)ccc21. The summed E-state index contributed by atoms with van der Waals surface area (Å²) in [6, 6.07) is 35.2. The molecular weight excluding hydrogens is 540 g/mol. The first-order chi connectivity index (χ1) is 21.3. The van der Waals surface area contributed by atoms with Crippen molar-refractivity contribution in [1.29, 1.82) is 0 Å². The minimum Gasteiger partial charge on any atom is -0.455 e. The molecule has 0 aliphatic heterocycles. The van der Waals surface area contributed by atoms with E-state index in [-0.39, 0.29) is 10.8 Å².